The van der Waals surface area contributed by atoms with Crippen LogP contribution in [-0.2, 0) is 11.2 Å². The zero-order valence-corrected chi connectivity index (χ0v) is 14.2. The molecule has 0 atom stereocenters. The second-order valence-corrected chi connectivity index (χ2v) is 6.56. The van der Waals surface area contributed by atoms with Crippen LogP contribution in [0, 0.1) is 5.92 Å². The van der Waals surface area contributed by atoms with Gasteiger partial charge >= 0.3 is 0 Å². The first-order valence-electron chi connectivity index (χ1n) is 8.25. The number of carbonyl (C=O) groups is 2. The molecule has 1 amide bonds. The van der Waals surface area contributed by atoms with Crippen molar-refractivity contribution in [2.24, 2.45) is 5.92 Å². The summed E-state index contributed by atoms with van der Waals surface area (Å²) in [5, 5.41) is 0.625. The molecule has 0 radical (unpaired) electrons. The highest BCUT2D eigenvalue weighted by Crippen LogP contribution is 2.23. The van der Waals surface area contributed by atoms with Crippen LogP contribution in [0.3, 0.4) is 0 Å². The van der Waals surface area contributed by atoms with Gasteiger partial charge in [0.1, 0.15) is 0 Å². The molecule has 4 heteroatoms. The second-order valence-electron chi connectivity index (χ2n) is 6.15. The molecular weight excluding hydrogens is 322 g/mol. The predicted octanol–water partition coefficient (Wildman–Crippen LogP) is 4.00. The molecule has 0 spiro atoms. The molecule has 0 N–H and O–H groups in total. The lowest BCUT2D eigenvalue weighted by molar-refractivity contribution is -0.131. The molecule has 1 heterocycles. The molecule has 1 aliphatic rings. The lowest BCUT2D eigenvalue weighted by atomic mass is 9.88. The third-order valence-corrected chi connectivity index (χ3v) is 4.95. The van der Waals surface area contributed by atoms with Crippen LogP contribution in [0.4, 0.5) is 0 Å². The number of carbonyl (C=O) groups excluding carboxylic acids is 2. The van der Waals surface area contributed by atoms with Crippen molar-refractivity contribution in [2.45, 2.75) is 19.3 Å². The van der Waals surface area contributed by atoms with E-state index in [4.69, 9.17) is 11.6 Å². The molecule has 1 saturated heterocycles. The van der Waals surface area contributed by atoms with Gasteiger partial charge in [0.15, 0.2) is 5.78 Å². The Kier molecular flexibility index (Phi) is 5.31. The van der Waals surface area contributed by atoms with Crippen molar-refractivity contribution in [1.82, 2.24) is 4.90 Å². The average molecular weight is 342 g/mol. The Morgan fingerprint density at radius 3 is 2.25 bits per heavy atom. The van der Waals surface area contributed by atoms with E-state index in [0.29, 0.717) is 24.5 Å². The summed E-state index contributed by atoms with van der Waals surface area (Å²) in [4.78, 5) is 26.8. The first kappa shape index (κ1) is 16.7. The van der Waals surface area contributed by atoms with E-state index < -0.39 is 0 Å². The van der Waals surface area contributed by atoms with E-state index in [-0.39, 0.29) is 17.6 Å². The van der Waals surface area contributed by atoms with E-state index in [9.17, 15) is 9.59 Å². The van der Waals surface area contributed by atoms with Crippen molar-refractivity contribution in [3.63, 3.8) is 0 Å². The number of benzene rings is 2. The molecule has 0 unspecified atom stereocenters. The van der Waals surface area contributed by atoms with Gasteiger partial charge in [0.2, 0.25) is 5.91 Å². The molecule has 3 nitrogen and oxygen atoms in total. The Hall–Kier alpha value is -2.13. The molecule has 0 aromatic heterocycles. The molecule has 2 aromatic carbocycles. The van der Waals surface area contributed by atoms with E-state index in [1.165, 1.54) is 0 Å². The van der Waals surface area contributed by atoms with Gasteiger partial charge in [-0.2, -0.15) is 0 Å². The van der Waals surface area contributed by atoms with Crippen LogP contribution < -0.4 is 0 Å². The van der Waals surface area contributed by atoms with E-state index in [1.54, 1.807) is 6.07 Å². The predicted molar refractivity (Wildman–Crippen MR) is 95.2 cm³/mol. The number of Topliss-reactive ketones (excluding diaryl/α,β-unsaturated/α-hetero) is 1. The summed E-state index contributed by atoms with van der Waals surface area (Å²) >= 11 is 6.12. The zero-order valence-electron chi connectivity index (χ0n) is 13.5. The summed E-state index contributed by atoms with van der Waals surface area (Å²) in [6, 6.07) is 16.8. The van der Waals surface area contributed by atoms with Gasteiger partial charge in [-0.1, -0.05) is 60.1 Å². The third-order valence-electron chi connectivity index (χ3n) is 4.58. The quantitative estimate of drug-likeness (QED) is 0.788. The highest BCUT2D eigenvalue weighted by atomic mass is 35.5. The van der Waals surface area contributed by atoms with Crippen molar-refractivity contribution in [3.05, 3.63) is 70.7 Å². The van der Waals surface area contributed by atoms with E-state index >= 15 is 0 Å². The molecule has 1 fully saturated rings. The van der Waals surface area contributed by atoms with Gasteiger partial charge in [-0.3, -0.25) is 9.59 Å². The van der Waals surface area contributed by atoms with Crippen molar-refractivity contribution >= 4 is 23.3 Å². The highest BCUT2D eigenvalue weighted by Gasteiger charge is 2.27. The van der Waals surface area contributed by atoms with E-state index in [0.717, 1.165) is 24.0 Å². The topological polar surface area (TPSA) is 37.4 Å². The Morgan fingerprint density at radius 1 is 0.958 bits per heavy atom. The Morgan fingerprint density at radius 2 is 1.58 bits per heavy atom. The minimum Gasteiger partial charge on any atom is -0.342 e. The minimum absolute atomic E-state index is 0.0109. The summed E-state index contributed by atoms with van der Waals surface area (Å²) in [5.41, 5.74) is 1.62. The Balaban J connectivity index is 1.56. The monoisotopic (exact) mass is 341 g/mol. The fourth-order valence-electron chi connectivity index (χ4n) is 3.15. The van der Waals surface area contributed by atoms with Crippen LogP contribution in [0.15, 0.2) is 54.6 Å². The Bertz CT molecular complexity index is 721. The van der Waals surface area contributed by atoms with Crippen LogP contribution in [0.2, 0.25) is 5.02 Å². The van der Waals surface area contributed by atoms with Gasteiger partial charge in [0.05, 0.1) is 6.42 Å². The highest BCUT2D eigenvalue weighted by molar-refractivity contribution is 6.31. The molecule has 1 aliphatic heterocycles. The summed E-state index contributed by atoms with van der Waals surface area (Å²) < 4.78 is 0. The number of piperidine rings is 1. The number of halogens is 1. The number of hydrogen-bond acceptors (Lipinski definition) is 2. The SMILES string of the molecule is O=C(c1ccccc1)C1CCN(C(=O)Cc2ccccc2Cl)CC1. The van der Waals surface area contributed by atoms with Gasteiger partial charge in [-0.15, -0.1) is 0 Å². The van der Waals surface area contributed by atoms with E-state index in [2.05, 4.69) is 0 Å². The molecule has 24 heavy (non-hydrogen) atoms. The lowest BCUT2D eigenvalue weighted by Crippen LogP contribution is -2.41. The van der Waals surface area contributed by atoms with Crippen molar-refractivity contribution in [2.75, 3.05) is 13.1 Å². The maximum Gasteiger partial charge on any atom is 0.227 e. The Labute approximate surface area is 147 Å². The van der Waals surface area contributed by atoms with Crippen LogP contribution in [-0.4, -0.2) is 29.7 Å². The third kappa shape index (κ3) is 3.85. The smallest absolute Gasteiger partial charge is 0.227 e. The van der Waals surface area contributed by atoms with Crippen LogP contribution in [0.5, 0.6) is 0 Å². The van der Waals surface area contributed by atoms with Crippen molar-refractivity contribution in [1.29, 1.82) is 0 Å². The molecule has 2 aromatic rings. The number of amides is 1. The fourth-order valence-corrected chi connectivity index (χ4v) is 3.35. The summed E-state index contributed by atoms with van der Waals surface area (Å²) in [6.45, 7) is 1.26. The number of hydrogen-bond donors (Lipinski definition) is 0. The minimum atomic E-state index is 0.0109. The summed E-state index contributed by atoms with van der Waals surface area (Å²) in [5.74, 6) is 0.277. The van der Waals surface area contributed by atoms with Gasteiger partial charge < -0.3 is 4.90 Å². The summed E-state index contributed by atoms with van der Waals surface area (Å²) in [7, 11) is 0. The van der Waals surface area contributed by atoms with Gasteiger partial charge in [-0.25, -0.2) is 0 Å². The largest absolute Gasteiger partial charge is 0.342 e. The molecule has 3 rings (SSSR count). The van der Waals surface area contributed by atoms with Gasteiger partial charge in [-0.05, 0) is 24.5 Å². The average Bonchev–Trinajstić information content (AvgIpc) is 2.64. The van der Waals surface area contributed by atoms with Crippen LogP contribution in [0.1, 0.15) is 28.8 Å². The number of rotatable bonds is 4. The van der Waals surface area contributed by atoms with Gasteiger partial charge in [0, 0.05) is 29.6 Å². The van der Waals surface area contributed by atoms with Crippen molar-refractivity contribution in [3.8, 4) is 0 Å². The number of ketones is 1. The summed E-state index contributed by atoms with van der Waals surface area (Å²) in [6.07, 6.45) is 1.76. The first-order valence-corrected chi connectivity index (χ1v) is 8.63. The van der Waals surface area contributed by atoms with Gasteiger partial charge in [0.25, 0.3) is 0 Å². The second kappa shape index (κ2) is 7.63. The first-order chi connectivity index (χ1) is 11.6. The molecule has 124 valence electrons. The number of likely N-dealkylation sites (tertiary alicyclic amines) is 1. The maximum atomic E-state index is 12.5. The number of nitrogens with zero attached hydrogens (tertiary/aromatic N) is 1. The van der Waals surface area contributed by atoms with Crippen LogP contribution >= 0.6 is 11.6 Å². The van der Waals surface area contributed by atoms with Crippen molar-refractivity contribution < 1.29 is 9.59 Å². The molecule has 0 bridgehead atoms. The zero-order chi connectivity index (χ0) is 16.9. The maximum absolute atomic E-state index is 12.5. The van der Waals surface area contributed by atoms with Crippen LogP contribution in [0.25, 0.3) is 0 Å². The fraction of sp³-hybridized carbons (Fsp3) is 0.300. The standard InChI is InChI=1S/C20H20ClNO2/c21-18-9-5-4-8-17(18)14-19(23)22-12-10-16(11-13-22)20(24)15-6-2-1-3-7-15/h1-9,16H,10-14H2. The molecule has 0 aliphatic carbocycles. The lowest BCUT2D eigenvalue weighted by Gasteiger charge is -2.31. The van der Waals surface area contributed by atoms with E-state index in [1.807, 2.05) is 53.4 Å². The molecular formula is C20H20ClNO2. The normalized spacial score (nSPS) is 15.3. The molecule has 0 saturated carbocycles.